The minimum Gasteiger partial charge on any atom is -0.312 e. The lowest BCUT2D eigenvalue weighted by molar-refractivity contribution is -0.141. The minimum atomic E-state index is -4.38. The second-order valence-corrected chi connectivity index (χ2v) is 7.33. The zero-order valence-corrected chi connectivity index (χ0v) is 13.8. The number of nitrogens with zero attached hydrogens (tertiary/aromatic N) is 2. The highest BCUT2D eigenvalue weighted by Crippen LogP contribution is 2.38. The van der Waals surface area contributed by atoms with Gasteiger partial charge in [-0.15, -0.1) is 11.3 Å². The number of hydrogen-bond acceptors (Lipinski definition) is 5. The van der Waals surface area contributed by atoms with E-state index in [2.05, 4.69) is 15.2 Å². The number of hydrogen-bond donors (Lipinski definition) is 1. The van der Waals surface area contributed by atoms with E-state index in [0.717, 1.165) is 24.5 Å². The van der Waals surface area contributed by atoms with Crippen molar-refractivity contribution >= 4 is 23.1 Å². The van der Waals surface area contributed by atoms with Crippen LogP contribution in [0, 0.1) is 0 Å². The van der Waals surface area contributed by atoms with Crippen LogP contribution in [0.3, 0.4) is 0 Å². The molecule has 1 fully saturated rings. The van der Waals surface area contributed by atoms with Gasteiger partial charge >= 0.3 is 6.18 Å². The molecule has 0 bridgehead atoms. The van der Waals surface area contributed by atoms with Crippen molar-refractivity contribution in [2.24, 2.45) is 0 Å². The summed E-state index contributed by atoms with van der Waals surface area (Å²) in [6.45, 7) is 3.83. The van der Waals surface area contributed by atoms with E-state index in [1.165, 1.54) is 11.3 Å². The molecule has 1 saturated heterocycles. The Morgan fingerprint density at radius 3 is 2.81 bits per heavy atom. The summed E-state index contributed by atoms with van der Waals surface area (Å²) in [5.41, 5.74) is -0.713. The number of halogens is 3. The molecule has 8 heteroatoms. The lowest BCUT2D eigenvalue weighted by Gasteiger charge is -2.30. The van der Waals surface area contributed by atoms with E-state index < -0.39 is 11.9 Å². The molecule has 1 aromatic rings. The second-order valence-electron chi connectivity index (χ2n) is 5.07. The maximum atomic E-state index is 13.1. The summed E-state index contributed by atoms with van der Waals surface area (Å²) >= 11 is 2.97. The van der Waals surface area contributed by atoms with E-state index in [0.29, 0.717) is 16.4 Å². The summed E-state index contributed by atoms with van der Waals surface area (Å²) < 4.78 is 39.4. The number of alkyl halides is 3. The first-order chi connectivity index (χ1) is 9.93. The summed E-state index contributed by atoms with van der Waals surface area (Å²) in [4.78, 5) is 6.33. The molecule has 1 aliphatic heterocycles. The summed E-state index contributed by atoms with van der Waals surface area (Å²) in [5, 5.41) is 3.63. The molecule has 1 atom stereocenters. The Kier molecular flexibility index (Phi) is 5.93. The van der Waals surface area contributed by atoms with E-state index in [1.807, 2.05) is 14.0 Å². The molecule has 1 N–H and O–H groups in total. The topological polar surface area (TPSA) is 28.2 Å². The van der Waals surface area contributed by atoms with Gasteiger partial charge in [0.15, 0.2) is 5.69 Å². The molecule has 0 spiro atoms. The average Bonchev–Trinajstić information content (AvgIpc) is 2.83. The molecule has 21 heavy (non-hydrogen) atoms. The summed E-state index contributed by atoms with van der Waals surface area (Å²) in [7, 11) is 1.95. The Morgan fingerprint density at radius 1 is 1.43 bits per heavy atom. The van der Waals surface area contributed by atoms with Crippen LogP contribution in [0.2, 0.25) is 0 Å². The van der Waals surface area contributed by atoms with Gasteiger partial charge in [0.05, 0.1) is 10.9 Å². The average molecular weight is 339 g/mol. The van der Waals surface area contributed by atoms with Crippen molar-refractivity contribution in [1.29, 1.82) is 0 Å². The predicted molar refractivity (Wildman–Crippen MR) is 81.8 cm³/mol. The Morgan fingerprint density at radius 2 is 2.19 bits per heavy atom. The largest absolute Gasteiger partial charge is 0.434 e. The Bertz CT molecular complexity index is 462. The molecule has 3 nitrogen and oxygen atoms in total. The van der Waals surface area contributed by atoms with Crippen molar-refractivity contribution in [3.63, 3.8) is 0 Å². The standard InChI is InChI=1S/C13H20F3N3S2/c1-3-4-17-7-10-11(13(14,15)16)18-12(21-10)9-8-20-6-5-19(9)2/h9,17H,3-8H2,1-2H3. The van der Waals surface area contributed by atoms with Crippen molar-refractivity contribution < 1.29 is 13.2 Å². The van der Waals surface area contributed by atoms with Gasteiger partial charge < -0.3 is 5.32 Å². The number of aromatic nitrogens is 1. The number of thiazole rings is 1. The van der Waals surface area contributed by atoms with Crippen molar-refractivity contribution in [1.82, 2.24) is 15.2 Å². The van der Waals surface area contributed by atoms with E-state index in [1.54, 1.807) is 11.8 Å². The van der Waals surface area contributed by atoms with Crippen molar-refractivity contribution in [2.45, 2.75) is 32.1 Å². The highest BCUT2D eigenvalue weighted by Gasteiger charge is 2.38. The Labute approximate surface area is 131 Å². The third-order valence-electron chi connectivity index (χ3n) is 3.38. The van der Waals surface area contributed by atoms with Crippen molar-refractivity contribution in [2.75, 3.05) is 31.6 Å². The fourth-order valence-corrected chi connectivity index (χ4v) is 4.72. The van der Waals surface area contributed by atoms with E-state index in [4.69, 9.17) is 0 Å². The second kappa shape index (κ2) is 7.30. The normalized spacial score (nSPS) is 20.9. The molecular weight excluding hydrogens is 319 g/mol. The molecule has 0 aliphatic carbocycles. The molecule has 1 aromatic heterocycles. The highest BCUT2D eigenvalue weighted by molar-refractivity contribution is 7.99. The van der Waals surface area contributed by atoms with Crippen LogP contribution in [-0.2, 0) is 12.7 Å². The molecule has 1 unspecified atom stereocenters. The monoisotopic (exact) mass is 339 g/mol. The molecule has 0 aromatic carbocycles. The third kappa shape index (κ3) is 4.34. The maximum absolute atomic E-state index is 13.1. The SMILES string of the molecule is CCCNCc1sc(C2CSCCN2C)nc1C(F)(F)F. The quantitative estimate of drug-likeness (QED) is 0.833. The maximum Gasteiger partial charge on any atom is 0.434 e. The summed E-state index contributed by atoms with van der Waals surface area (Å²) in [5.74, 6) is 1.83. The lowest BCUT2D eigenvalue weighted by atomic mass is 10.3. The summed E-state index contributed by atoms with van der Waals surface area (Å²) in [6.07, 6.45) is -3.48. The first-order valence-electron chi connectivity index (χ1n) is 6.99. The smallest absolute Gasteiger partial charge is 0.312 e. The van der Waals surface area contributed by atoms with Crippen molar-refractivity contribution in [3.05, 3.63) is 15.6 Å². The van der Waals surface area contributed by atoms with Gasteiger partial charge in [0.1, 0.15) is 5.01 Å². The minimum absolute atomic E-state index is 0.00484. The van der Waals surface area contributed by atoms with Crippen LogP contribution in [0.15, 0.2) is 0 Å². The molecule has 2 heterocycles. The highest BCUT2D eigenvalue weighted by atomic mass is 32.2. The lowest BCUT2D eigenvalue weighted by Crippen LogP contribution is -2.32. The van der Waals surface area contributed by atoms with Gasteiger partial charge in [-0.05, 0) is 20.0 Å². The fourth-order valence-electron chi connectivity index (χ4n) is 2.18. The van der Waals surface area contributed by atoms with Gasteiger partial charge in [-0.25, -0.2) is 4.98 Å². The van der Waals surface area contributed by atoms with Crippen LogP contribution in [0.4, 0.5) is 13.2 Å². The number of nitrogens with one attached hydrogen (secondary N) is 1. The first-order valence-corrected chi connectivity index (χ1v) is 8.96. The van der Waals surface area contributed by atoms with Crippen LogP contribution in [0.25, 0.3) is 0 Å². The van der Waals surface area contributed by atoms with E-state index >= 15 is 0 Å². The van der Waals surface area contributed by atoms with Crippen molar-refractivity contribution in [3.8, 4) is 0 Å². The Hall–Kier alpha value is -0.310. The molecule has 0 radical (unpaired) electrons. The van der Waals surface area contributed by atoms with E-state index in [-0.39, 0.29) is 12.6 Å². The molecule has 2 rings (SSSR count). The van der Waals surface area contributed by atoms with Gasteiger partial charge in [-0.1, -0.05) is 6.92 Å². The molecule has 0 amide bonds. The Balaban J connectivity index is 2.22. The van der Waals surface area contributed by atoms with Crippen LogP contribution >= 0.6 is 23.1 Å². The van der Waals surface area contributed by atoms with Crippen LogP contribution in [0.5, 0.6) is 0 Å². The van der Waals surface area contributed by atoms with Gasteiger partial charge in [-0.2, -0.15) is 24.9 Å². The van der Waals surface area contributed by atoms with Gasteiger partial charge in [-0.3, -0.25) is 4.90 Å². The third-order valence-corrected chi connectivity index (χ3v) is 5.56. The molecule has 120 valence electrons. The zero-order chi connectivity index (χ0) is 15.5. The molecule has 0 saturated carbocycles. The zero-order valence-electron chi connectivity index (χ0n) is 12.2. The number of thioether (sulfide) groups is 1. The van der Waals surface area contributed by atoms with E-state index in [9.17, 15) is 13.2 Å². The van der Waals surface area contributed by atoms with Gasteiger partial charge in [0.2, 0.25) is 0 Å². The molecular formula is C13H20F3N3S2. The first kappa shape index (κ1) is 17.1. The van der Waals surface area contributed by atoms with Crippen LogP contribution in [-0.4, -0.2) is 41.5 Å². The number of rotatable bonds is 5. The predicted octanol–water partition coefficient (Wildman–Crippen LogP) is 3.38. The van der Waals surface area contributed by atoms with Crippen LogP contribution in [0.1, 0.15) is 35.0 Å². The molecule has 1 aliphatic rings. The van der Waals surface area contributed by atoms with Gasteiger partial charge in [0.25, 0.3) is 0 Å². The summed E-state index contributed by atoms with van der Waals surface area (Å²) in [6, 6.07) is -0.00484. The van der Waals surface area contributed by atoms with Gasteiger partial charge in [0, 0.05) is 24.6 Å². The van der Waals surface area contributed by atoms with Crippen LogP contribution < -0.4 is 5.32 Å². The fraction of sp³-hybridized carbons (Fsp3) is 0.769.